The van der Waals surface area contributed by atoms with Crippen LogP contribution in [-0.4, -0.2) is 41.3 Å². The third-order valence-electron chi connectivity index (χ3n) is 5.98. The molecule has 2 aliphatic heterocycles. The lowest BCUT2D eigenvalue weighted by Gasteiger charge is -2.24. The summed E-state index contributed by atoms with van der Waals surface area (Å²) in [6, 6.07) is 19.4. The molecule has 0 radical (unpaired) electrons. The first kappa shape index (κ1) is 16.9. The van der Waals surface area contributed by atoms with Crippen LogP contribution >= 0.6 is 0 Å². The van der Waals surface area contributed by atoms with Gasteiger partial charge in [0.25, 0.3) is 5.91 Å². The summed E-state index contributed by atoms with van der Waals surface area (Å²) in [7, 11) is 0. The molecule has 5 heteroatoms. The van der Waals surface area contributed by atoms with Gasteiger partial charge in [0.15, 0.2) is 0 Å². The summed E-state index contributed by atoms with van der Waals surface area (Å²) in [5.74, 6) is 0.152. The second-order valence-electron chi connectivity index (χ2n) is 7.85. The highest BCUT2D eigenvalue weighted by Gasteiger charge is 2.48. The minimum Gasteiger partial charge on any atom is -0.338 e. The average Bonchev–Trinajstić information content (AvgIpc) is 3.30. The molecule has 28 heavy (non-hydrogen) atoms. The van der Waals surface area contributed by atoms with Crippen molar-refractivity contribution in [3.63, 3.8) is 0 Å². The zero-order valence-electron chi connectivity index (χ0n) is 15.5. The number of benzene rings is 2. The number of pyridine rings is 1. The third kappa shape index (κ3) is 2.74. The molecule has 140 valence electrons. The Morgan fingerprint density at radius 2 is 1.79 bits per heavy atom. The third-order valence-corrected chi connectivity index (χ3v) is 5.98. The molecule has 5 nitrogen and oxygen atoms in total. The fourth-order valence-corrected chi connectivity index (χ4v) is 4.57. The molecule has 1 unspecified atom stereocenters. The number of hydrogen-bond acceptors (Lipinski definition) is 3. The van der Waals surface area contributed by atoms with Crippen molar-refractivity contribution < 1.29 is 9.59 Å². The number of likely N-dealkylation sites (tertiary alicyclic amines) is 1. The number of carbonyl (C=O) groups is 2. The molecule has 2 saturated heterocycles. The van der Waals surface area contributed by atoms with Crippen LogP contribution in [0.25, 0.3) is 10.9 Å². The quantitative estimate of drug-likeness (QED) is 0.693. The summed E-state index contributed by atoms with van der Waals surface area (Å²) in [5, 5.41) is 0.966. The van der Waals surface area contributed by atoms with Gasteiger partial charge in [-0.15, -0.1) is 0 Å². The Bertz CT molecular complexity index is 1060. The summed E-state index contributed by atoms with van der Waals surface area (Å²) in [6.45, 7) is 1.97. The monoisotopic (exact) mass is 371 g/mol. The number of nitrogens with zero attached hydrogens (tertiary/aromatic N) is 3. The fraction of sp³-hybridized carbons (Fsp3) is 0.261. The Hall–Kier alpha value is -3.21. The number of fused-ring (bicyclic) bond motifs is 1. The maximum Gasteiger partial charge on any atom is 0.256 e. The first-order chi connectivity index (χ1) is 13.7. The number of para-hydroxylation sites is 2. The van der Waals surface area contributed by atoms with Crippen LogP contribution in [0.2, 0.25) is 0 Å². The first-order valence-electron chi connectivity index (χ1n) is 9.64. The van der Waals surface area contributed by atoms with Crippen molar-refractivity contribution in [1.29, 1.82) is 0 Å². The topological polar surface area (TPSA) is 53.5 Å². The summed E-state index contributed by atoms with van der Waals surface area (Å²) < 4.78 is 0. The van der Waals surface area contributed by atoms with Gasteiger partial charge in [-0.1, -0.05) is 36.4 Å². The van der Waals surface area contributed by atoms with Gasteiger partial charge in [-0.25, -0.2) is 0 Å². The Labute approximate surface area is 163 Å². The second-order valence-corrected chi connectivity index (χ2v) is 7.85. The molecule has 0 N–H and O–H groups in total. The molecule has 0 bridgehead atoms. The maximum absolute atomic E-state index is 13.2. The van der Waals surface area contributed by atoms with E-state index in [1.54, 1.807) is 6.20 Å². The zero-order chi connectivity index (χ0) is 19.1. The summed E-state index contributed by atoms with van der Waals surface area (Å²) >= 11 is 0. The van der Waals surface area contributed by atoms with Gasteiger partial charge in [-0.05, 0) is 30.7 Å². The number of rotatable bonds is 2. The van der Waals surface area contributed by atoms with Crippen molar-refractivity contribution in [2.45, 2.75) is 12.8 Å². The molecule has 2 aliphatic rings. The molecular formula is C23H21N3O2. The highest BCUT2D eigenvalue weighted by Crippen LogP contribution is 2.42. The highest BCUT2D eigenvalue weighted by molar-refractivity contribution is 6.05. The minimum absolute atomic E-state index is 0.00628. The Morgan fingerprint density at radius 1 is 0.964 bits per heavy atom. The van der Waals surface area contributed by atoms with Crippen LogP contribution in [0.15, 0.2) is 66.9 Å². The van der Waals surface area contributed by atoms with Gasteiger partial charge in [0.2, 0.25) is 5.91 Å². The van der Waals surface area contributed by atoms with E-state index in [9.17, 15) is 9.59 Å². The molecule has 2 aromatic carbocycles. The Kier molecular flexibility index (Phi) is 3.90. The van der Waals surface area contributed by atoms with E-state index in [0.29, 0.717) is 31.6 Å². The zero-order valence-corrected chi connectivity index (χ0v) is 15.5. The van der Waals surface area contributed by atoms with Gasteiger partial charge in [0.1, 0.15) is 0 Å². The first-order valence-corrected chi connectivity index (χ1v) is 9.64. The van der Waals surface area contributed by atoms with Crippen LogP contribution in [0.1, 0.15) is 23.2 Å². The lowest BCUT2D eigenvalue weighted by atomic mass is 9.86. The van der Waals surface area contributed by atoms with E-state index < -0.39 is 0 Å². The van der Waals surface area contributed by atoms with E-state index in [1.165, 1.54) is 0 Å². The molecule has 3 heterocycles. The van der Waals surface area contributed by atoms with E-state index in [0.717, 1.165) is 23.0 Å². The summed E-state index contributed by atoms with van der Waals surface area (Å²) in [6.07, 6.45) is 3.07. The molecule has 1 atom stereocenters. The van der Waals surface area contributed by atoms with E-state index in [2.05, 4.69) is 4.98 Å². The van der Waals surface area contributed by atoms with Gasteiger partial charge in [0, 0.05) is 48.7 Å². The Morgan fingerprint density at radius 3 is 2.64 bits per heavy atom. The number of hydrogen-bond donors (Lipinski definition) is 0. The van der Waals surface area contributed by atoms with E-state index in [1.807, 2.05) is 70.5 Å². The molecule has 1 aromatic heterocycles. The lowest BCUT2D eigenvalue weighted by molar-refractivity contribution is -0.117. The van der Waals surface area contributed by atoms with Crippen molar-refractivity contribution in [2.75, 3.05) is 24.5 Å². The van der Waals surface area contributed by atoms with Crippen LogP contribution in [0.3, 0.4) is 0 Å². The standard InChI is InChI=1S/C23H21N3O2/c27-20-14-23(16-26(20)18-8-2-1-3-9-18)11-13-25(15-23)22(28)19-10-4-6-17-7-5-12-24-21(17)19/h1-10,12H,11,13-16H2. The van der Waals surface area contributed by atoms with Crippen LogP contribution in [0.4, 0.5) is 5.69 Å². The van der Waals surface area contributed by atoms with E-state index in [-0.39, 0.29) is 17.2 Å². The predicted octanol–water partition coefficient (Wildman–Crippen LogP) is 3.50. The number of amides is 2. The van der Waals surface area contributed by atoms with Crippen molar-refractivity contribution in [3.8, 4) is 0 Å². The summed E-state index contributed by atoms with van der Waals surface area (Å²) in [5.41, 5.74) is 2.16. The number of aromatic nitrogens is 1. The van der Waals surface area contributed by atoms with Crippen LogP contribution < -0.4 is 4.90 Å². The fourth-order valence-electron chi connectivity index (χ4n) is 4.57. The highest BCUT2D eigenvalue weighted by atomic mass is 16.2. The summed E-state index contributed by atoms with van der Waals surface area (Å²) in [4.78, 5) is 34.1. The molecule has 2 fully saturated rings. The van der Waals surface area contributed by atoms with Gasteiger partial charge in [-0.3, -0.25) is 14.6 Å². The smallest absolute Gasteiger partial charge is 0.256 e. The van der Waals surface area contributed by atoms with Crippen LogP contribution in [0.5, 0.6) is 0 Å². The molecular weight excluding hydrogens is 350 g/mol. The van der Waals surface area contributed by atoms with Gasteiger partial charge >= 0.3 is 0 Å². The largest absolute Gasteiger partial charge is 0.338 e. The number of carbonyl (C=O) groups excluding carboxylic acids is 2. The minimum atomic E-state index is -0.152. The van der Waals surface area contributed by atoms with E-state index in [4.69, 9.17) is 0 Å². The normalized spacial score (nSPS) is 21.8. The Balaban J connectivity index is 1.39. The van der Waals surface area contributed by atoms with Crippen molar-refractivity contribution in [1.82, 2.24) is 9.88 Å². The van der Waals surface area contributed by atoms with Gasteiger partial charge < -0.3 is 9.80 Å². The molecule has 0 saturated carbocycles. The van der Waals surface area contributed by atoms with Crippen molar-refractivity contribution >= 4 is 28.4 Å². The predicted molar refractivity (Wildman–Crippen MR) is 108 cm³/mol. The molecule has 0 aliphatic carbocycles. The molecule has 1 spiro atoms. The second kappa shape index (κ2) is 6.44. The molecule has 3 aromatic rings. The van der Waals surface area contributed by atoms with Crippen LogP contribution in [0, 0.1) is 5.41 Å². The SMILES string of the molecule is O=C(c1cccc2cccnc12)N1CCC2(CC(=O)N(c3ccccc3)C2)C1. The van der Waals surface area contributed by atoms with Crippen LogP contribution in [-0.2, 0) is 4.79 Å². The van der Waals surface area contributed by atoms with Gasteiger partial charge in [-0.2, -0.15) is 0 Å². The maximum atomic E-state index is 13.2. The number of anilines is 1. The average molecular weight is 371 g/mol. The van der Waals surface area contributed by atoms with Crippen molar-refractivity contribution in [2.24, 2.45) is 5.41 Å². The molecule has 5 rings (SSSR count). The van der Waals surface area contributed by atoms with Crippen molar-refractivity contribution in [3.05, 3.63) is 72.4 Å². The molecule has 2 amide bonds. The van der Waals surface area contributed by atoms with E-state index >= 15 is 0 Å². The lowest BCUT2D eigenvalue weighted by Crippen LogP contribution is -2.34. The van der Waals surface area contributed by atoms with Gasteiger partial charge in [0.05, 0.1) is 11.1 Å².